The molecule has 7 N–H and O–H groups in total. The minimum absolute atomic E-state index is 0.0715. The number of hydrogen-bond donors (Lipinski definition) is 6. The van der Waals surface area contributed by atoms with Crippen molar-refractivity contribution in [1.82, 2.24) is 15.9 Å². The van der Waals surface area contributed by atoms with Crippen LogP contribution in [0.4, 0.5) is 5.69 Å². The fraction of sp³-hybridized carbons (Fsp3) is 0.400. The molecule has 10 heteroatoms. The number of anilines is 1. The lowest BCUT2D eigenvalue weighted by atomic mass is 10.1. The Bertz CT molecular complexity index is 785. The first-order valence-electron chi connectivity index (χ1n) is 9.85. The monoisotopic (exact) mass is 433 g/mol. The number of carbonyl (C=O) groups excluding carboxylic acids is 1. The first-order chi connectivity index (χ1) is 14.5. The topological polar surface area (TPSA) is 132 Å². The Morgan fingerprint density at radius 1 is 1.27 bits per heavy atom. The standard InChI is InChI=1S/C20H31N7O2S/c1-23-20(21)17(13-28)24-12-19(29)27(22)25-18(14-30)15-6-8-16(9-7-15)26-10-4-2-3-5-11-26/h6-9,13-14,24-25,28,30H,2-5,10-12,22H2,1H3,(H2,21,23)/b17-13?,18-14-. The number of nitrogens with one attached hydrogen (secondary N) is 2. The molecule has 0 aromatic heterocycles. The zero-order chi connectivity index (χ0) is 21.9. The molecular weight excluding hydrogens is 402 g/mol. The molecule has 1 aliphatic heterocycles. The van der Waals surface area contributed by atoms with Gasteiger partial charge in [-0.25, -0.2) is 5.84 Å². The number of aliphatic imine (C=N–C) groups is 1. The molecule has 9 nitrogen and oxygen atoms in total. The Kier molecular flexibility index (Phi) is 9.36. The van der Waals surface area contributed by atoms with E-state index in [1.54, 1.807) is 5.41 Å². The van der Waals surface area contributed by atoms with E-state index in [4.69, 9.17) is 16.7 Å². The van der Waals surface area contributed by atoms with Gasteiger partial charge in [0, 0.05) is 31.4 Å². The fourth-order valence-electron chi connectivity index (χ4n) is 3.12. The van der Waals surface area contributed by atoms with Crippen molar-refractivity contribution in [3.05, 3.63) is 47.2 Å². The number of carbonyl (C=O) groups is 1. The van der Waals surface area contributed by atoms with Crippen molar-refractivity contribution < 1.29 is 9.90 Å². The van der Waals surface area contributed by atoms with Crippen LogP contribution in [0.2, 0.25) is 0 Å². The van der Waals surface area contributed by atoms with E-state index in [0.717, 1.165) is 30.0 Å². The summed E-state index contributed by atoms with van der Waals surface area (Å²) < 4.78 is 0. The number of hydrogen-bond acceptors (Lipinski definition) is 8. The van der Waals surface area contributed by atoms with Gasteiger partial charge in [-0.1, -0.05) is 25.0 Å². The molecule has 164 valence electrons. The molecule has 0 radical (unpaired) electrons. The first-order valence-corrected chi connectivity index (χ1v) is 10.4. The van der Waals surface area contributed by atoms with Gasteiger partial charge in [0.1, 0.15) is 17.8 Å². The minimum atomic E-state index is -0.480. The predicted octanol–water partition coefficient (Wildman–Crippen LogP) is 1.48. The van der Waals surface area contributed by atoms with E-state index in [-0.39, 0.29) is 18.1 Å². The fourth-order valence-corrected chi connectivity index (χ4v) is 3.33. The summed E-state index contributed by atoms with van der Waals surface area (Å²) >= 11 is 4.23. The Balaban J connectivity index is 1.96. The van der Waals surface area contributed by atoms with Crippen LogP contribution in [-0.4, -0.2) is 48.6 Å². The molecule has 0 aliphatic carbocycles. The summed E-state index contributed by atoms with van der Waals surface area (Å²) in [5.41, 5.74) is 11.2. The molecule has 1 saturated heterocycles. The van der Waals surface area contributed by atoms with E-state index in [1.165, 1.54) is 38.4 Å². The van der Waals surface area contributed by atoms with Crippen LogP contribution in [-0.2, 0) is 4.79 Å². The molecule has 30 heavy (non-hydrogen) atoms. The molecule has 1 aromatic carbocycles. The highest BCUT2D eigenvalue weighted by atomic mass is 32.1. The molecule has 0 saturated carbocycles. The van der Waals surface area contributed by atoms with Crippen LogP contribution in [0.25, 0.3) is 5.70 Å². The lowest BCUT2D eigenvalue weighted by Gasteiger charge is -2.24. The molecule has 1 fully saturated rings. The molecule has 0 atom stereocenters. The van der Waals surface area contributed by atoms with Crippen LogP contribution in [0.1, 0.15) is 31.2 Å². The van der Waals surface area contributed by atoms with Gasteiger partial charge in [-0.15, -0.1) is 12.6 Å². The summed E-state index contributed by atoms with van der Waals surface area (Å²) in [6, 6.07) is 8.07. The maximum atomic E-state index is 12.3. The van der Waals surface area contributed by atoms with Crippen molar-refractivity contribution in [2.45, 2.75) is 25.7 Å². The number of benzene rings is 1. The van der Waals surface area contributed by atoms with E-state index in [2.05, 4.69) is 45.4 Å². The van der Waals surface area contributed by atoms with Crippen LogP contribution >= 0.6 is 12.6 Å². The number of hydrazine groups is 2. The van der Waals surface area contributed by atoms with Crippen LogP contribution in [0.3, 0.4) is 0 Å². The van der Waals surface area contributed by atoms with Gasteiger partial charge in [0.2, 0.25) is 0 Å². The van der Waals surface area contributed by atoms with Gasteiger partial charge in [-0.2, -0.15) is 5.12 Å². The normalized spacial score (nSPS) is 16.1. The third kappa shape index (κ3) is 6.60. The SMILES string of the molecule is CN=C(N)C(=CO)NCC(=O)N(N)N/C(=C\S)c1ccc(N2CCCCCC2)cc1. The molecule has 1 aliphatic rings. The largest absolute Gasteiger partial charge is 0.513 e. The molecule has 0 bridgehead atoms. The molecule has 2 rings (SSSR count). The summed E-state index contributed by atoms with van der Waals surface area (Å²) in [4.78, 5) is 18.4. The molecule has 1 aromatic rings. The molecule has 0 unspecified atom stereocenters. The smallest absolute Gasteiger partial charge is 0.274 e. The molecular formula is C20H31N7O2S. The molecule has 1 heterocycles. The van der Waals surface area contributed by atoms with Crippen LogP contribution in [0, 0.1) is 0 Å². The van der Waals surface area contributed by atoms with Gasteiger partial charge in [-0.05, 0) is 30.4 Å². The zero-order valence-electron chi connectivity index (χ0n) is 17.2. The van der Waals surface area contributed by atoms with Crippen molar-refractivity contribution >= 4 is 35.8 Å². The third-order valence-corrected chi connectivity index (χ3v) is 5.12. The van der Waals surface area contributed by atoms with E-state index in [0.29, 0.717) is 5.70 Å². The number of amides is 1. The van der Waals surface area contributed by atoms with E-state index >= 15 is 0 Å². The van der Waals surface area contributed by atoms with Crippen molar-refractivity contribution in [2.75, 3.05) is 31.6 Å². The van der Waals surface area contributed by atoms with Gasteiger partial charge >= 0.3 is 0 Å². The number of amidine groups is 1. The van der Waals surface area contributed by atoms with E-state index < -0.39 is 5.91 Å². The van der Waals surface area contributed by atoms with Crippen molar-refractivity contribution in [1.29, 1.82) is 0 Å². The minimum Gasteiger partial charge on any atom is -0.513 e. The summed E-state index contributed by atoms with van der Waals surface area (Å²) in [7, 11) is 1.47. The van der Waals surface area contributed by atoms with E-state index in [1.807, 2.05) is 12.1 Å². The number of rotatable bonds is 8. The number of aliphatic hydroxyl groups is 1. The Morgan fingerprint density at radius 3 is 2.43 bits per heavy atom. The maximum Gasteiger partial charge on any atom is 0.274 e. The van der Waals surface area contributed by atoms with Crippen LogP contribution in [0.5, 0.6) is 0 Å². The quantitative estimate of drug-likeness (QED) is 0.0696. The highest BCUT2D eigenvalue weighted by Gasteiger charge is 2.14. The number of nitrogens with zero attached hydrogens (tertiary/aromatic N) is 3. The second kappa shape index (κ2) is 12.0. The van der Waals surface area contributed by atoms with Gasteiger partial charge in [-0.3, -0.25) is 15.2 Å². The highest BCUT2D eigenvalue weighted by Crippen LogP contribution is 2.22. The van der Waals surface area contributed by atoms with Gasteiger partial charge in [0.05, 0.1) is 12.2 Å². The molecule has 0 spiro atoms. The van der Waals surface area contributed by atoms with Gasteiger partial charge in [0.15, 0.2) is 0 Å². The predicted molar refractivity (Wildman–Crippen MR) is 125 cm³/mol. The summed E-state index contributed by atoms with van der Waals surface area (Å²) in [5.74, 6) is 5.43. The summed E-state index contributed by atoms with van der Waals surface area (Å²) in [6.07, 6.45) is 5.74. The third-order valence-electron chi connectivity index (χ3n) is 4.86. The Morgan fingerprint density at radius 2 is 1.90 bits per heavy atom. The first kappa shape index (κ1) is 23.4. The number of nitrogens with two attached hydrogens (primary N) is 2. The van der Waals surface area contributed by atoms with Gasteiger partial charge in [0.25, 0.3) is 5.91 Å². The maximum absolute atomic E-state index is 12.3. The average Bonchev–Trinajstić information content (AvgIpc) is 3.07. The zero-order valence-corrected chi connectivity index (χ0v) is 18.1. The number of thiol groups is 1. The Hall–Kier alpha value is -2.85. The van der Waals surface area contributed by atoms with Crippen LogP contribution in [0.15, 0.2) is 46.6 Å². The highest BCUT2D eigenvalue weighted by molar-refractivity contribution is 7.83. The van der Waals surface area contributed by atoms with Crippen molar-refractivity contribution in [3.8, 4) is 0 Å². The summed E-state index contributed by atoms with van der Waals surface area (Å²) in [6.45, 7) is 1.95. The average molecular weight is 434 g/mol. The summed E-state index contributed by atoms with van der Waals surface area (Å²) in [5, 5.41) is 14.2. The van der Waals surface area contributed by atoms with E-state index in [9.17, 15) is 4.79 Å². The van der Waals surface area contributed by atoms with Crippen molar-refractivity contribution in [2.24, 2.45) is 16.6 Å². The lowest BCUT2D eigenvalue weighted by Crippen LogP contribution is -2.50. The second-order valence-corrected chi connectivity index (χ2v) is 7.13. The van der Waals surface area contributed by atoms with Gasteiger partial charge < -0.3 is 21.1 Å². The second-order valence-electron chi connectivity index (χ2n) is 6.87. The number of aliphatic hydroxyl groups excluding tert-OH is 1. The molecule has 1 amide bonds. The van der Waals surface area contributed by atoms with Crippen molar-refractivity contribution in [3.63, 3.8) is 0 Å². The Labute approximate surface area is 182 Å². The van der Waals surface area contributed by atoms with Crippen LogP contribution < -0.4 is 27.2 Å². The lowest BCUT2D eigenvalue weighted by molar-refractivity contribution is -0.132.